The number of benzene rings is 1. The molecule has 1 aromatic carbocycles. The molecule has 2 N–H and O–H groups in total. The van der Waals surface area contributed by atoms with E-state index in [2.05, 4.69) is 6.92 Å². The molecule has 0 aromatic heterocycles. The van der Waals surface area contributed by atoms with Gasteiger partial charge in [0.25, 0.3) is 0 Å². The number of nitrogens with two attached hydrogens (primary N) is 1. The molecule has 3 nitrogen and oxygen atoms in total. The van der Waals surface area contributed by atoms with E-state index in [9.17, 15) is 0 Å². The topological polar surface area (TPSA) is 44.5 Å². The highest BCUT2D eigenvalue weighted by Crippen LogP contribution is 2.49. The highest BCUT2D eigenvalue weighted by molar-refractivity contribution is 5.44. The summed E-state index contributed by atoms with van der Waals surface area (Å²) < 4.78 is 11.8. The van der Waals surface area contributed by atoms with Crippen molar-refractivity contribution in [3.8, 4) is 11.5 Å². The average molecular weight is 275 g/mol. The maximum Gasteiger partial charge on any atom is 0.125 e. The summed E-state index contributed by atoms with van der Waals surface area (Å²) in [6.45, 7) is 2.27. The SMILES string of the molecule is CCC1CCCCC12CC(N)c1cc(OC)ccc1O2. The van der Waals surface area contributed by atoms with Gasteiger partial charge in [-0.2, -0.15) is 0 Å². The summed E-state index contributed by atoms with van der Waals surface area (Å²) in [6.07, 6.45) is 7.12. The molecule has 3 atom stereocenters. The lowest BCUT2D eigenvalue weighted by molar-refractivity contribution is -0.0490. The Hall–Kier alpha value is -1.22. The third-order valence-electron chi connectivity index (χ3n) is 5.13. The molecular weight excluding hydrogens is 250 g/mol. The second-order valence-corrected chi connectivity index (χ2v) is 6.23. The zero-order valence-corrected chi connectivity index (χ0v) is 12.5. The van der Waals surface area contributed by atoms with Crippen molar-refractivity contribution in [1.29, 1.82) is 0 Å². The van der Waals surface area contributed by atoms with Gasteiger partial charge >= 0.3 is 0 Å². The van der Waals surface area contributed by atoms with Crippen molar-refractivity contribution >= 4 is 0 Å². The second-order valence-electron chi connectivity index (χ2n) is 6.23. The first-order chi connectivity index (χ1) is 9.68. The van der Waals surface area contributed by atoms with E-state index in [1.165, 1.54) is 25.7 Å². The first kappa shape index (κ1) is 13.7. The van der Waals surface area contributed by atoms with E-state index < -0.39 is 0 Å². The van der Waals surface area contributed by atoms with Crippen molar-refractivity contribution in [2.24, 2.45) is 11.7 Å². The van der Waals surface area contributed by atoms with E-state index >= 15 is 0 Å². The number of rotatable bonds is 2. The van der Waals surface area contributed by atoms with Crippen molar-refractivity contribution in [1.82, 2.24) is 0 Å². The van der Waals surface area contributed by atoms with Crippen molar-refractivity contribution in [3.63, 3.8) is 0 Å². The lowest BCUT2D eigenvalue weighted by Crippen LogP contribution is -2.50. The fourth-order valence-electron chi connectivity index (χ4n) is 4.04. The lowest BCUT2D eigenvalue weighted by Gasteiger charge is -2.48. The predicted octanol–water partition coefficient (Wildman–Crippen LogP) is 3.82. The van der Waals surface area contributed by atoms with E-state index in [1.807, 2.05) is 18.2 Å². The van der Waals surface area contributed by atoms with Gasteiger partial charge < -0.3 is 15.2 Å². The Bertz CT molecular complexity index is 488. The van der Waals surface area contributed by atoms with E-state index in [4.69, 9.17) is 15.2 Å². The summed E-state index contributed by atoms with van der Waals surface area (Å²) in [6, 6.07) is 6.07. The van der Waals surface area contributed by atoms with Gasteiger partial charge in [-0.15, -0.1) is 0 Å². The largest absolute Gasteiger partial charge is 0.497 e. The van der Waals surface area contributed by atoms with Crippen LogP contribution < -0.4 is 15.2 Å². The molecule has 1 fully saturated rings. The van der Waals surface area contributed by atoms with Crippen LogP contribution in [-0.2, 0) is 0 Å². The predicted molar refractivity (Wildman–Crippen MR) is 80.1 cm³/mol. The number of methoxy groups -OCH3 is 1. The molecule has 1 spiro atoms. The smallest absolute Gasteiger partial charge is 0.125 e. The molecule has 0 amide bonds. The van der Waals surface area contributed by atoms with Crippen molar-refractivity contribution < 1.29 is 9.47 Å². The first-order valence-electron chi connectivity index (χ1n) is 7.81. The molecule has 110 valence electrons. The highest BCUT2D eigenvalue weighted by Gasteiger charge is 2.46. The van der Waals surface area contributed by atoms with Crippen LogP contribution in [0, 0.1) is 5.92 Å². The quantitative estimate of drug-likeness (QED) is 0.892. The summed E-state index contributed by atoms with van der Waals surface area (Å²) >= 11 is 0. The van der Waals surface area contributed by atoms with Gasteiger partial charge in [0, 0.05) is 18.0 Å². The van der Waals surface area contributed by atoms with Gasteiger partial charge in [0.2, 0.25) is 0 Å². The average Bonchev–Trinajstić information content (AvgIpc) is 2.47. The Balaban J connectivity index is 1.95. The fraction of sp³-hybridized carbons (Fsp3) is 0.647. The molecule has 3 rings (SSSR count). The Morgan fingerprint density at radius 2 is 2.25 bits per heavy atom. The monoisotopic (exact) mass is 275 g/mol. The van der Waals surface area contributed by atoms with Crippen LogP contribution in [0.1, 0.15) is 57.1 Å². The summed E-state index contributed by atoms with van der Waals surface area (Å²) in [5, 5.41) is 0. The van der Waals surface area contributed by atoms with E-state index in [0.29, 0.717) is 5.92 Å². The van der Waals surface area contributed by atoms with Crippen LogP contribution >= 0.6 is 0 Å². The minimum atomic E-state index is -0.0337. The van der Waals surface area contributed by atoms with Gasteiger partial charge in [-0.05, 0) is 49.8 Å². The normalized spacial score (nSPS) is 32.5. The van der Waals surface area contributed by atoms with Crippen LogP contribution in [-0.4, -0.2) is 12.7 Å². The van der Waals surface area contributed by atoms with E-state index in [1.54, 1.807) is 7.11 Å². The number of hydrogen-bond donors (Lipinski definition) is 1. The van der Waals surface area contributed by atoms with Gasteiger partial charge in [0.1, 0.15) is 17.1 Å². The van der Waals surface area contributed by atoms with Crippen LogP contribution in [0.15, 0.2) is 18.2 Å². The Labute approximate surface area is 121 Å². The molecule has 3 heteroatoms. The Morgan fingerprint density at radius 1 is 1.40 bits per heavy atom. The van der Waals surface area contributed by atoms with Crippen molar-refractivity contribution in [2.75, 3.05) is 7.11 Å². The zero-order valence-electron chi connectivity index (χ0n) is 12.5. The van der Waals surface area contributed by atoms with Crippen LogP contribution in [0.4, 0.5) is 0 Å². The fourth-order valence-corrected chi connectivity index (χ4v) is 4.04. The third kappa shape index (κ3) is 2.18. The summed E-state index contributed by atoms with van der Waals surface area (Å²) in [4.78, 5) is 0. The van der Waals surface area contributed by atoms with Gasteiger partial charge in [-0.1, -0.05) is 13.3 Å². The van der Waals surface area contributed by atoms with Gasteiger partial charge in [0.05, 0.1) is 7.11 Å². The molecule has 1 aliphatic carbocycles. The summed E-state index contributed by atoms with van der Waals surface area (Å²) in [7, 11) is 1.69. The molecule has 2 aliphatic rings. The molecule has 1 aliphatic heterocycles. The van der Waals surface area contributed by atoms with Crippen LogP contribution in [0.3, 0.4) is 0 Å². The molecule has 1 aromatic rings. The minimum Gasteiger partial charge on any atom is -0.497 e. The Kier molecular flexibility index (Phi) is 3.63. The lowest BCUT2D eigenvalue weighted by atomic mass is 9.69. The summed E-state index contributed by atoms with van der Waals surface area (Å²) in [5.74, 6) is 2.46. The maximum absolute atomic E-state index is 6.50. The summed E-state index contributed by atoms with van der Waals surface area (Å²) in [5.41, 5.74) is 7.52. The van der Waals surface area contributed by atoms with E-state index in [0.717, 1.165) is 29.9 Å². The van der Waals surface area contributed by atoms with Crippen molar-refractivity contribution in [3.05, 3.63) is 23.8 Å². The number of ether oxygens (including phenoxy) is 2. The molecule has 1 heterocycles. The second kappa shape index (κ2) is 5.28. The molecule has 0 bridgehead atoms. The molecule has 1 saturated carbocycles. The minimum absolute atomic E-state index is 0.0337. The molecule has 3 unspecified atom stereocenters. The molecule has 20 heavy (non-hydrogen) atoms. The van der Waals surface area contributed by atoms with Gasteiger partial charge in [-0.25, -0.2) is 0 Å². The standard InChI is InChI=1S/C17H25NO2/c1-3-12-6-4-5-9-17(12)11-15(18)14-10-13(19-2)7-8-16(14)20-17/h7-8,10,12,15H,3-6,9,11,18H2,1-2H3. The zero-order chi connectivity index (χ0) is 14.2. The number of hydrogen-bond acceptors (Lipinski definition) is 3. The first-order valence-corrected chi connectivity index (χ1v) is 7.81. The molecular formula is C17H25NO2. The third-order valence-corrected chi connectivity index (χ3v) is 5.13. The molecule has 0 saturated heterocycles. The van der Waals surface area contributed by atoms with Gasteiger partial charge in [0.15, 0.2) is 0 Å². The molecule has 0 radical (unpaired) electrons. The van der Waals surface area contributed by atoms with Gasteiger partial charge in [-0.3, -0.25) is 0 Å². The van der Waals surface area contributed by atoms with Crippen LogP contribution in [0.5, 0.6) is 11.5 Å². The van der Waals surface area contributed by atoms with Crippen LogP contribution in [0.2, 0.25) is 0 Å². The highest BCUT2D eigenvalue weighted by atomic mass is 16.5. The van der Waals surface area contributed by atoms with Crippen molar-refractivity contribution in [2.45, 2.75) is 57.1 Å². The van der Waals surface area contributed by atoms with Crippen LogP contribution in [0.25, 0.3) is 0 Å². The Morgan fingerprint density at radius 3 is 3.00 bits per heavy atom. The van der Waals surface area contributed by atoms with E-state index in [-0.39, 0.29) is 11.6 Å². The maximum atomic E-state index is 6.50. The number of fused-ring (bicyclic) bond motifs is 1.